The molecule has 0 bridgehead atoms. The van der Waals surface area contributed by atoms with Gasteiger partial charge >= 0.3 is 0 Å². The second kappa shape index (κ2) is 6.08. The van der Waals surface area contributed by atoms with Crippen LogP contribution in [0.2, 0.25) is 0 Å². The van der Waals surface area contributed by atoms with E-state index in [2.05, 4.69) is 31.9 Å². The van der Waals surface area contributed by atoms with Crippen molar-refractivity contribution in [3.8, 4) is 0 Å². The van der Waals surface area contributed by atoms with Gasteiger partial charge in [-0.2, -0.15) is 0 Å². The average Bonchev–Trinajstić information content (AvgIpc) is 3.41. The summed E-state index contributed by atoms with van der Waals surface area (Å²) in [4.78, 5) is 37.3. The Kier molecular flexibility index (Phi) is 3.36. The molecule has 8 rings (SSSR count). The third kappa shape index (κ3) is 2.03. The Morgan fingerprint density at radius 3 is 1.85 bits per heavy atom. The maximum Gasteiger partial charge on any atom is 0.265 e. The molecule has 8 aromatic rings. The molecule has 4 heterocycles. The summed E-state index contributed by atoms with van der Waals surface area (Å²) in [6.45, 7) is 0. The molecule has 0 atom stereocenters. The number of fused-ring (bicyclic) bond motifs is 8. The van der Waals surface area contributed by atoms with Crippen LogP contribution in [0.1, 0.15) is 0 Å². The van der Waals surface area contributed by atoms with Crippen molar-refractivity contribution in [1.82, 2.24) is 18.8 Å². The highest BCUT2D eigenvalue weighted by atomic mass is 79.9. The Morgan fingerprint density at radius 2 is 1.15 bits per heavy atom. The minimum absolute atomic E-state index is 0.164. The fraction of sp³-hybridized carbons (Fsp3) is 0. The molecule has 0 saturated carbocycles. The van der Waals surface area contributed by atoms with Gasteiger partial charge in [-0.05, 0) is 68.3 Å². The number of nitrogens with zero attached hydrogens (tertiary/aromatic N) is 4. The van der Waals surface area contributed by atoms with Crippen molar-refractivity contribution >= 4 is 97.5 Å². The smallest absolute Gasteiger partial charge is 0.265 e. The summed E-state index contributed by atoms with van der Waals surface area (Å²) in [7, 11) is 0. The van der Waals surface area contributed by atoms with Gasteiger partial charge in [-0.25, -0.2) is 9.97 Å². The lowest BCUT2D eigenvalue weighted by Gasteiger charge is -2.14. The summed E-state index contributed by atoms with van der Waals surface area (Å²) in [5.41, 5.74) is 3.79. The molecule has 160 valence electrons. The molecular formula is C26H10Br2N4O2. The summed E-state index contributed by atoms with van der Waals surface area (Å²) in [5, 5.41) is 4.10. The largest absolute Gasteiger partial charge is 0.268 e. The Morgan fingerprint density at radius 1 is 0.588 bits per heavy atom. The molecule has 0 radical (unpaired) electrons. The predicted molar refractivity (Wildman–Crippen MR) is 142 cm³/mol. The first kappa shape index (κ1) is 18.8. The van der Waals surface area contributed by atoms with Gasteiger partial charge in [0.05, 0.1) is 32.8 Å². The van der Waals surface area contributed by atoms with E-state index in [1.165, 1.54) is 0 Å². The third-order valence-corrected chi connectivity index (χ3v) is 8.00. The number of rotatable bonds is 0. The van der Waals surface area contributed by atoms with Crippen molar-refractivity contribution < 1.29 is 0 Å². The molecule has 0 spiro atoms. The standard InChI is InChI=1S/C26H10Br2N4O2/c27-13-9-11-19-12(25(33)31-17-7-3-1-5-15(17)29-23(11)31)10-14(28)21-22(19)20(13)24-30-16-6-2-4-8-18(16)32(24)26(21)34/h1-10H. The molecule has 0 unspecified atom stereocenters. The van der Waals surface area contributed by atoms with Gasteiger partial charge in [-0.1, -0.05) is 24.3 Å². The molecule has 0 aliphatic heterocycles. The average molecular weight is 570 g/mol. The maximum absolute atomic E-state index is 13.9. The first-order valence-corrected chi connectivity index (χ1v) is 12.2. The number of hydrogen-bond donors (Lipinski definition) is 0. The summed E-state index contributed by atoms with van der Waals surface area (Å²) < 4.78 is 4.68. The van der Waals surface area contributed by atoms with E-state index in [1.54, 1.807) is 14.9 Å². The minimum Gasteiger partial charge on any atom is -0.268 e. The van der Waals surface area contributed by atoms with Crippen molar-refractivity contribution in [1.29, 1.82) is 0 Å². The van der Waals surface area contributed by atoms with E-state index in [0.717, 1.165) is 42.7 Å². The van der Waals surface area contributed by atoms with Crippen LogP contribution < -0.4 is 11.1 Å². The zero-order chi connectivity index (χ0) is 22.9. The second-order valence-corrected chi connectivity index (χ2v) is 10.1. The van der Waals surface area contributed by atoms with E-state index in [1.807, 2.05) is 54.6 Å². The van der Waals surface area contributed by atoms with Gasteiger partial charge in [0.2, 0.25) is 0 Å². The van der Waals surface area contributed by atoms with Crippen molar-refractivity contribution in [2.45, 2.75) is 0 Å². The van der Waals surface area contributed by atoms with Gasteiger partial charge in [0.25, 0.3) is 11.1 Å². The van der Waals surface area contributed by atoms with Crippen molar-refractivity contribution in [3.63, 3.8) is 0 Å². The SMILES string of the molecule is O=c1c2cc(Br)c3c(=O)n4c5ccccc5nc4c4c(Br)cc(c2c34)c2nc3ccccc3n12. The maximum atomic E-state index is 13.9. The molecule has 4 aromatic heterocycles. The summed E-state index contributed by atoms with van der Waals surface area (Å²) in [6.07, 6.45) is 0. The van der Waals surface area contributed by atoms with Gasteiger partial charge in [-0.15, -0.1) is 0 Å². The Bertz CT molecular complexity index is 2300. The van der Waals surface area contributed by atoms with Crippen LogP contribution in [-0.4, -0.2) is 18.8 Å². The molecule has 0 aliphatic rings. The van der Waals surface area contributed by atoms with Crippen LogP contribution in [0, 0.1) is 0 Å². The molecule has 0 saturated heterocycles. The van der Waals surface area contributed by atoms with Gasteiger partial charge < -0.3 is 0 Å². The summed E-state index contributed by atoms with van der Waals surface area (Å²) in [6, 6.07) is 18.9. The Labute approximate surface area is 206 Å². The second-order valence-electron chi connectivity index (χ2n) is 8.44. The monoisotopic (exact) mass is 568 g/mol. The first-order chi connectivity index (χ1) is 16.5. The van der Waals surface area contributed by atoms with E-state index in [4.69, 9.17) is 9.97 Å². The van der Waals surface area contributed by atoms with Crippen LogP contribution in [0.5, 0.6) is 0 Å². The van der Waals surface area contributed by atoms with Crippen LogP contribution in [0.15, 0.2) is 79.2 Å². The van der Waals surface area contributed by atoms with Crippen LogP contribution in [0.25, 0.3) is 65.7 Å². The zero-order valence-corrected chi connectivity index (χ0v) is 20.3. The van der Waals surface area contributed by atoms with Gasteiger partial charge in [0, 0.05) is 30.5 Å². The topological polar surface area (TPSA) is 68.7 Å². The minimum atomic E-state index is -0.176. The molecule has 0 aliphatic carbocycles. The van der Waals surface area contributed by atoms with E-state index < -0.39 is 0 Å². The van der Waals surface area contributed by atoms with Crippen molar-refractivity contribution in [2.75, 3.05) is 0 Å². The summed E-state index contributed by atoms with van der Waals surface area (Å²) >= 11 is 7.38. The van der Waals surface area contributed by atoms with E-state index in [0.29, 0.717) is 31.9 Å². The lowest BCUT2D eigenvalue weighted by Crippen LogP contribution is -2.17. The lowest BCUT2D eigenvalue weighted by molar-refractivity contribution is 1.18. The molecule has 0 amide bonds. The Hall–Kier alpha value is -3.62. The molecule has 6 nitrogen and oxygen atoms in total. The number of halogens is 2. The van der Waals surface area contributed by atoms with E-state index in [-0.39, 0.29) is 11.1 Å². The van der Waals surface area contributed by atoms with Crippen molar-refractivity contribution in [3.05, 3.63) is 90.3 Å². The van der Waals surface area contributed by atoms with Crippen LogP contribution in [0.4, 0.5) is 0 Å². The zero-order valence-electron chi connectivity index (χ0n) is 17.1. The molecule has 8 heteroatoms. The third-order valence-electron chi connectivity index (χ3n) is 6.75. The highest BCUT2D eigenvalue weighted by molar-refractivity contribution is 9.11. The summed E-state index contributed by atoms with van der Waals surface area (Å²) in [5.74, 6) is 0. The van der Waals surface area contributed by atoms with Crippen LogP contribution >= 0.6 is 31.9 Å². The van der Waals surface area contributed by atoms with Gasteiger partial charge in [0.1, 0.15) is 11.3 Å². The fourth-order valence-electron chi connectivity index (χ4n) is 5.39. The predicted octanol–water partition coefficient (Wildman–Crippen LogP) is 5.87. The van der Waals surface area contributed by atoms with Crippen LogP contribution in [0.3, 0.4) is 0 Å². The van der Waals surface area contributed by atoms with Crippen molar-refractivity contribution in [2.24, 2.45) is 0 Å². The highest BCUT2D eigenvalue weighted by Gasteiger charge is 2.25. The van der Waals surface area contributed by atoms with E-state index in [9.17, 15) is 9.59 Å². The lowest BCUT2D eigenvalue weighted by atomic mass is 9.96. The molecule has 4 aromatic carbocycles. The van der Waals surface area contributed by atoms with Gasteiger partial charge in [-0.3, -0.25) is 18.4 Å². The molecule has 0 N–H and O–H groups in total. The van der Waals surface area contributed by atoms with E-state index >= 15 is 0 Å². The van der Waals surface area contributed by atoms with Crippen LogP contribution in [-0.2, 0) is 0 Å². The number of para-hydroxylation sites is 4. The molecular weight excluding hydrogens is 560 g/mol. The number of imidazole rings is 2. The number of aromatic nitrogens is 4. The molecule has 0 fully saturated rings. The quantitative estimate of drug-likeness (QED) is 0.214. The number of benzene rings is 4. The normalized spacial score (nSPS) is 12.6. The number of pyridine rings is 2. The molecule has 34 heavy (non-hydrogen) atoms. The fourth-order valence-corrected chi connectivity index (χ4v) is 6.59. The first-order valence-electron chi connectivity index (χ1n) is 10.6. The van der Waals surface area contributed by atoms with Gasteiger partial charge in [0.15, 0.2) is 0 Å². The Balaban J connectivity index is 1.79. The number of hydrogen-bond acceptors (Lipinski definition) is 4. The highest BCUT2D eigenvalue weighted by Crippen LogP contribution is 2.42.